The van der Waals surface area contributed by atoms with E-state index < -0.39 is 78.3 Å². The predicted molar refractivity (Wildman–Crippen MR) is 223 cm³/mol. The van der Waals surface area contributed by atoms with Crippen molar-refractivity contribution in [2.45, 2.75) is 59.3 Å². The maximum atomic E-state index is 13.8. The number of aliphatic hydroxyl groups excluding tert-OH is 1. The monoisotopic (exact) mass is 864 g/mol. The third kappa shape index (κ3) is 10.9. The molecule has 5 aromatic carbocycles. The summed E-state index contributed by atoms with van der Waals surface area (Å²) in [6, 6.07) is 40.0. The van der Waals surface area contributed by atoms with E-state index in [1.54, 1.807) is 141 Å². The number of aliphatic hydroxyl groups is 1. The molecule has 62 heavy (non-hydrogen) atoms. The van der Waals surface area contributed by atoms with E-state index in [-0.39, 0.29) is 29.9 Å². The van der Waals surface area contributed by atoms with E-state index in [9.17, 15) is 24.3 Å². The van der Waals surface area contributed by atoms with Crippen molar-refractivity contribution < 1.29 is 66.9 Å². The van der Waals surface area contributed by atoms with E-state index in [2.05, 4.69) is 0 Å². The topological polar surface area (TPSA) is 172 Å². The van der Waals surface area contributed by atoms with Crippen molar-refractivity contribution in [3.63, 3.8) is 0 Å². The molecule has 5 aromatic rings. The number of carbonyl (C=O) groups is 4. The summed E-state index contributed by atoms with van der Waals surface area (Å²) >= 11 is 1.26. The highest BCUT2D eigenvalue weighted by atomic mass is 32.2. The lowest BCUT2D eigenvalue weighted by atomic mass is 9.97. The highest BCUT2D eigenvalue weighted by Gasteiger charge is 2.54. The Kier molecular flexibility index (Phi) is 15.0. The Bertz CT molecular complexity index is 2230. The van der Waals surface area contributed by atoms with Gasteiger partial charge in [0.2, 0.25) is 0 Å². The van der Waals surface area contributed by atoms with E-state index in [0.717, 1.165) is 4.90 Å². The van der Waals surface area contributed by atoms with Crippen molar-refractivity contribution in [1.29, 1.82) is 0 Å². The summed E-state index contributed by atoms with van der Waals surface area (Å²) in [5, 5.41) is 10.9. The number of ether oxygens (including phenoxy) is 9. The number of esters is 4. The molecular weight excluding hydrogens is 821 g/mol. The van der Waals surface area contributed by atoms with E-state index in [4.69, 9.17) is 42.6 Å². The number of benzene rings is 5. The molecule has 2 fully saturated rings. The molecular formula is C47H44O14S. The number of carbonyl (C=O) groups excluding carboxylic acids is 4. The zero-order valence-electron chi connectivity index (χ0n) is 33.6. The second-order valence-electron chi connectivity index (χ2n) is 14.1. The van der Waals surface area contributed by atoms with Gasteiger partial charge < -0.3 is 47.7 Å². The molecule has 7 rings (SSSR count). The van der Waals surface area contributed by atoms with Crippen LogP contribution < -0.4 is 4.74 Å². The molecule has 0 aromatic heterocycles. The fraction of sp³-hybridized carbons (Fsp3) is 0.277. The van der Waals surface area contributed by atoms with Gasteiger partial charge >= 0.3 is 23.9 Å². The summed E-state index contributed by atoms with van der Waals surface area (Å²) in [7, 11) is 2.87. The predicted octanol–water partition coefficient (Wildman–Crippen LogP) is 6.16. The molecule has 14 nitrogen and oxygen atoms in total. The highest BCUT2D eigenvalue weighted by molar-refractivity contribution is 8.00. The van der Waals surface area contributed by atoms with Gasteiger partial charge in [-0.1, -0.05) is 72.8 Å². The van der Waals surface area contributed by atoms with Gasteiger partial charge in [-0.15, -0.1) is 11.8 Å². The molecule has 9 atom stereocenters. The number of rotatable bonds is 16. The molecule has 0 spiro atoms. The summed E-state index contributed by atoms with van der Waals surface area (Å²) in [6.45, 7) is -0.692. The van der Waals surface area contributed by atoms with Gasteiger partial charge in [-0.3, -0.25) is 0 Å². The molecule has 2 saturated heterocycles. The molecule has 15 heteroatoms. The minimum atomic E-state index is -1.51. The van der Waals surface area contributed by atoms with Crippen LogP contribution in [0.4, 0.5) is 0 Å². The standard InChI is InChI=1S/C47H44O14S/c1-53-33-23-25-34(26-24-33)62-41-37(48)35(27-55-42(49)29-15-7-3-8-16-29)57-47(41)56-28-36-38(59-43(50)30-17-9-4-10-18-30)39(60-44(51)31-19-11-5-12-20-31)40(46(54-2)58-36)61-45(52)32-21-13-6-14-22-32/h3-26,35-41,46-48H,27-28H2,1-2H3/t35-,36-,37+,38-,39+,40+,41-,46+,47-/m1/s1. The molecule has 0 saturated carbocycles. The largest absolute Gasteiger partial charge is 0.497 e. The number of thioether (sulfide) groups is 1. The van der Waals surface area contributed by atoms with Crippen molar-refractivity contribution in [1.82, 2.24) is 0 Å². The van der Waals surface area contributed by atoms with Gasteiger partial charge in [0.05, 0.1) is 41.2 Å². The van der Waals surface area contributed by atoms with Gasteiger partial charge in [0.15, 0.2) is 30.9 Å². The second-order valence-corrected chi connectivity index (χ2v) is 15.3. The zero-order valence-corrected chi connectivity index (χ0v) is 34.4. The van der Waals surface area contributed by atoms with Crippen LogP contribution in [0.3, 0.4) is 0 Å². The van der Waals surface area contributed by atoms with E-state index >= 15 is 0 Å². The average molecular weight is 865 g/mol. The molecule has 2 aliphatic rings. The van der Waals surface area contributed by atoms with Gasteiger partial charge in [0.25, 0.3) is 0 Å². The van der Waals surface area contributed by atoms with Crippen LogP contribution in [0.25, 0.3) is 0 Å². The molecule has 2 heterocycles. The first-order chi connectivity index (χ1) is 30.2. The Morgan fingerprint density at radius 3 is 1.47 bits per heavy atom. The Morgan fingerprint density at radius 2 is 0.984 bits per heavy atom. The summed E-state index contributed by atoms with van der Waals surface area (Å²) in [5.41, 5.74) is 0.872. The van der Waals surface area contributed by atoms with Crippen LogP contribution in [-0.4, -0.2) is 111 Å². The maximum absolute atomic E-state index is 13.8. The van der Waals surface area contributed by atoms with Crippen LogP contribution in [0.15, 0.2) is 150 Å². The quantitative estimate of drug-likeness (QED) is 0.0882. The average Bonchev–Trinajstić information content (AvgIpc) is 3.62. The Hall–Kier alpha value is -6.07. The lowest BCUT2D eigenvalue weighted by molar-refractivity contribution is -0.300. The lowest BCUT2D eigenvalue weighted by Crippen LogP contribution is -2.63. The normalized spacial score (nSPS) is 24.3. The number of methoxy groups -OCH3 is 2. The van der Waals surface area contributed by atoms with Crippen LogP contribution in [0.5, 0.6) is 5.75 Å². The number of hydrogen-bond acceptors (Lipinski definition) is 15. The smallest absolute Gasteiger partial charge is 0.338 e. The van der Waals surface area contributed by atoms with Crippen molar-refractivity contribution in [2.24, 2.45) is 0 Å². The van der Waals surface area contributed by atoms with Gasteiger partial charge in [0, 0.05) is 12.0 Å². The minimum absolute atomic E-state index is 0.174. The fourth-order valence-electron chi connectivity index (χ4n) is 6.82. The lowest BCUT2D eigenvalue weighted by Gasteiger charge is -2.44. The fourth-order valence-corrected chi connectivity index (χ4v) is 7.99. The molecule has 2 aliphatic heterocycles. The van der Waals surface area contributed by atoms with Crippen molar-refractivity contribution in [2.75, 3.05) is 27.4 Å². The third-order valence-electron chi connectivity index (χ3n) is 10.0. The minimum Gasteiger partial charge on any atom is -0.497 e. The van der Waals surface area contributed by atoms with E-state index in [1.807, 2.05) is 12.1 Å². The molecule has 0 aliphatic carbocycles. The van der Waals surface area contributed by atoms with E-state index in [1.165, 1.54) is 18.9 Å². The van der Waals surface area contributed by atoms with E-state index in [0.29, 0.717) is 11.3 Å². The highest BCUT2D eigenvalue weighted by Crippen LogP contribution is 2.38. The van der Waals surface area contributed by atoms with Crippen LogP contribution >= 0.6 is 11.8 Å². The zero-order chi connectivity index (χ0) is 43.4. The Balaban J connectivity index is 1.19. The summed E-state index contributed by atoms with van der Waals surface area (Å²) in [6.07, 6.45) is -10.5. The van der Waals surface area contributed by atoms with Gasteiger partial charge in [-0.2, -0.15) is 0 Å². The summed E-state index contributed by atoms with van der Waals surface area (Å²) < 4.78 is 53.8. The van der Waals surface area contributed by atoms with Crippen LogP contribution in [0.2, 0.25) is 0 Å². The first-order valence-electron chi connectivity index (χ1n) is 19.7. The molecule has 0 radical (unpaired) electrons. The van der Waals surface area contributed by atoms with Crippen molar-refractivity contribution in [3.8, 4) is 5.75 Å². The molecule has 0 unspecified atom stereocenters. The third-order valence-corrected chi connectivity index (χ3v) is 11.3. The van der Waals surface area contributed by atoms with Gasteiger partial charge in [-0.25, -0.2) is 19.2 Å². The van der Waals surface area contributed by atoms with Crippen LogP contribution in [-0.2, 0) is 37.9 Å². The van der Waals surface area contributed by atoms with Crippen molar-refractivity contribution in [3.05, 3.63) is 168 Å². The Labute approximate surface area is 361 Å². The molecule has 0 bridgehead atoms. The maximum Gasteiger partial charge on any atom is 0.338 e. The number of hydrogen-bond donors (Lipinski definition) is 1. The van der Waals surface area contributed by atoms with Crippen molar-refractivity contribution >= 4 is 35.6 Å². The van der Waals surface area contributed by atoms with Crippen LogP contribution in [0, 0.1) is 0 Å². The van der Waals surface area contributed by atoms with Gasteiger partial charge in [-0.05, 0) is 72.8 Å². The van der Waals surface area contributed by atoms with Crippen LogP contribution in [0.1, 0.15) is 41.4 Å². The summed E-state index contributed by atoms with van der Waals surface area (Å²) in [4.78, 5) is 54.8. The molecule has 1 N–H and O–H groups in total. The SMILES string of the molecule is COc1ccc(S[C@H]2[C@H](OC[C@H]3O[C@H](OC)[C@@H](OC(=O)c4ccccc4)[C@@H](OC(=O)c4ccccc4)[C@@H]3OC(=O)c3ccccc3)O[C@H](COC(=O)c3ccccc3)[C@@H]2O)cc1. The first-order valence-corrected chi connectivity index (χ1v) is 20.5. The molecule has 0 amide bonds. The van der Waals surface area contributed by atoms with Gasteiger partial charge in [0.1, 0.15) is 30.7 Å². The Morgan fingerprint density at radius 1 is 0.532 bits per heavy atom. The second kappa shape index (κ2) is 21.1. The first kappa shape index (κ1) is 44.0. The molecule has 322 valence electrons. The summed E-state index contributed by atoms with van der Waals surface area (Å²) in [5.74, 6) is -2.36.